The molecule has 6 aromatic rings. The molecule has 4 aromatic carbocycles. The zero-order valence-electron chi connectivity index (χ0n) is 27.3. The van der Waals surface area contributed by atoms with Crippen LogP contribution in [0.25, 0.3) is 33.4 Å². The molecule has 0 fully saturated rings. The number of methoxy groups -OCH3 is 3. The van der Waals surface area contributed by atoms with E-state index in [0.29, 0.717) is 42.3 Å². The van der Waals surface area contributed by atoms with Crippen LogP contribution in [0.1, 0.15) is 32.9 Å². The number of fused-ring (bicyclic) bond motifs is 1. The third-order valence-electron chi connectivity index (χ3n) is 8.18. The third-order valence-corrected chi connectivity index (χ3v) is 8.18. The Morgan fingerprint density at radius 1 is 0.878 bits per heavy atom. The molecule has 10 heteroatoms. The number of hydrogen-bond acceptors (Lipinski definition) is 8. The summed E-state index contributed by atoms with van der Waals surface area (Å²) >= 11 is 0. The highest BCUT2D eigenvalue weighted by molar-refractivity contribution is 5.93. The number of rotatable bonds is 12. The normalized spacial score (nSPS) is 10.9. The van der Waals surface area contributed by atoms with Crippen LogP contribution in [0.3, 0.4) is 0 Å². The smallest absolute Gasteiger partial charge is 0.337 e. The summed E-state index contributed by atoms with van der Waals surface area (Å²) in [6, 6.07) is 31.0. The Labute approximate surface area is 283 Å². The van der Waals surface area contributed by atoms with Gasteiger partial charge < -0.3 is 23.5 Å². The van der Waals surface area contributed by atoms with Gasteiger partial charge in [-0.1, -0.05) is 36.4 Å². The van der Waals surface area contributed by atoms with E-state index in [2.05, 4.69) is 16.7 Å². The molecule has 2 aromatic heterocycles. The van der Waals surface area contributed by atoms with Crippen LogP contribution < -0.4 is 9.47 Å². The lowest BCUT2D eigenvalue weighted by Gasteiger charge is -2.15. The van der Waals surface area contributed by atoms with Gasteiger partial charge in [0.25, 0.3) is 0 Å². The van der Waals surface area contributed by atoms with Crippen LogP contribution in [0.5, 0.6) is 11.6 Å². The van der Waals surface area contributed by atoms with Crippen LogP contribution >= 0.6 is 0 Å². The molecule has 0 aliphatic rings. The zero-order valence-corrected chi connectivity index (χ0v) is 27.3. The second kappa shape index (κ2) is 14.8. The van der Waals surface area contributed by atoms with E-state index < -0.39 is 11.8 Å². The molecule has 0 bridgehead atoms. The van der Waals surface area contributed by atoms with Gasteiger partial charge in [0.1, 0.15) is 24.0 Å². The number of imidazole rings is 1. The number of esters is 1. The number of carbonyl (C=O) groups excluding carboxylic acids is 1. The fraction of sp³-hybridized carbons (Fsp3) is 0.179. The number of aromatic nitrogens is 3. The first-order chi connectivity index (χ1) is 23.9. The molecule has 0 spiro atoms. The molecule has 0 atom stereocenters. The van der Waals surface area contributed by atoms with Gasteiger partial charge in [0.05, 0.1) is 54.7 Å². The van der Waals surface area contributed by atoms with Gasteiger partial charge in [-0.25, -0.2) is 19.2 Å². The van der Waals surface area contributed by atoms with Gasteiger partial charge in [0, 0.05) is 37.3 Å². The molecule has 2 heterocycles. The maximum Gasteiger partial charge on any atom is 0.337 e. The molecule has 0 unspecified atom stereocenters. The minimum atomic E-state index is -0.506. The summed E-state index contributed by atoms with van der Waals surface area (Å²) in [5.41, 5.74) is 7.06. The number of hydrogen-bond donors (Lipinski definition) is 0. The van der Waals surface area contributed by atoms with Crippen LogP contribution in [-0.2, 0) is 29.0 Å². The Balaban J connectivity index is 1.37. The van der Waals surface area contributed by atoms with Crippen molar-refractivity contribution in [2.24, 2.45) is 0 Å². The number of benzene rings is 4. The molecule has 0 saturated carbocycles. The van der Waals surface area contributed by atoms with Gasteiger partial charge in [-0.15, -0.1) is 0 Å². The van der Waals surface area contributed by atoms with Gasteiger partial charge in [-0.3, -0.25) is 0 Å². The Kier molecular flexibility index (Phi) is 9.93. The number of halogens is 1. The number of carbonyl (C=O) groups is 1. The minimum absolute atomic E-state index is 0.0345. The molecule has 246 valence electrons. The largest absolute Gasteiger partial charge is 0.497 e. The number of ether oxygens (including phenoxy) is 4. The molecule has 6 rings (SSSR count). The molecule has 0 N–H and O–H groups in total. The average molecular weight is 657 g/mol. The quantitative estimate of drug-likeness (QED) is 0.126. The van der Waals surface area contributed by atoms with E-state index in [1.54, 1.807) is 44.6 Å². The van der Waals surface area contributed by atoms with Crippen molar-refractivity contribution in [1.29, 1.82) is 5.26 Å². The van der Waals surface area contributed by atoms with Crippen molar-refractivity contribution >= 4 is 17.0 Å². The van der Waals surface area contributed by atoms with E-state index in [0.717, 1.165) is 44.9 Å². The number of pyridine rings is 1. The van der Waals surface area contributed by atoms with Crippen molar-refractivity contribution in [3.63, 3.8) is 0 Å². The van der Waals surface area contributed by atoms with E-state index in [4.69, 9.17) is 34.2 Å². The lowest BCUT2D eigenvalue weighted by atomic mass is 9.94. The van der Waals surface area contributed by atoms with E-state index in [1.165, 1.54) is 13.2 Å². The molecule has 0 aliphatic heterocycles. The average Bonchev–Trinajstić information content (AvgIpc) is 3.49. The zero-order chi connectivity index (χ0) is 34.3. The van der Waals surface area contributed by atoms with Crippen LogP contribution in [0, 0.1) is 17.1 Å². The monoisotopic (exact) mass is 656 g/mol. The van der Waals surface area contributed by atoms with Gasteiger partial charge in [-0.05, 0) is 71.3 Å². The Hall–Kier alpha value is -6.05. The van der Waals surface area contributed by atoms with Crippen molar-refractivity contribution in [1.82, 2.24) is 14.5 Å². The lowest BCUT2D eigenvalue weighted by molar-refractivity contribution is 0.0601. The highest BCUT2D eigenvalue weighted by Crippen LogP contribution is 2.33. The van der Waals surface area contributed by atoms with E-state index >= 15 is 0 Å². The topological polar surface area (TPSA) is 108 Å². The summed E-state index contributed by atoms with van der Waals surface area (Å²) in [7, 11) is 4.65. The van der Waals surface area contributed by atoms with E-state index in [9.17, 15) is 9.18 Å². The second-order valence-electron chi connectivity index (χ2n) is 11.2. The fourth-order valence-corrected chi connectivity index (χ4v) is 5.65. The third kappa shape index (κ3) is 7.27. The van der Waals surface area contributed by atoms with Gasteiger partial charge >= 0.3 is 5.97 Å². The van der Waals surface area contributed by atoms with Crippen molar-refractivity contribution < 1.29 is 28.1 Å². The SMILES string of the molecule is COCCn1c(Cc2ccc(-c3cccc(OCc4ccc(C#N)cc4F)n3)cc2-c2cccc(OC)c2)nc2ccc(C(=O)OC)cc21. The van der Waals surface area contributed by atoms with Crippen LogP contribution in [0.2, 0.25) is 0 Å². The number of nitriles is 1. The standard InChI is InChI=1S/C39H33FN4O5/c1-46-17-16-44-36-21-29(39(45)48-3)14-15-35(36)42-37(44)22-27-12-13-28(20-32(27)26-6-4-7-31(19-26)47-2)34-8-5-9-38(43-34)49-24-30-11-10-25(23-41)18-33(30)40/h4-15,18-21H,16-17,22,24H2,1-3H3. The summed E-state index contributed by atoms with van der Waals surface area (Å²) in [6.07, 6.45) is 0.492. The maximum absolute atomic E-state index is 14.5. The van der Waals surface area contributed by atoms with Gasteiger partial charge in [0.2, 0.25) is 5.88 Å². The maximum atomic E-state index is 14.5. The molecular weight excluding hydrogens is 623 g/mol. The Bertz CT molecular complexity index is 2190. The Morgan fingerprint density at radius 3 is 2.49 bits per heavy atom. The fourth-order valence-electron chi connectivity index (χ4n) is 5.65. The van der Waals surface area contributed by atoms with Crippen molar-refractivity contribution in [2.75, 3.05) is 27.9 Å². The first kappa shape index (κ1) is 32.9. The minimum Gasteiger partial charge on any atom is -0.497 e. The molecule has 49 heavy (non-hydrogen) atoms. The van der Waals surface area contributed by atoms with Crippen molar-refractivity contribution in [2.45, 2.75) is 19.6 Å². The molecule has 0 saturated heterocycles. The molecule has 9 nitrogen and oxygen atoms in total. The van der Waals surface area contributed by atoms with Crippen molar-refractivity contribution in [3.8, 4) is 40.1 Å². The van der Waals surface area contributed by atoms with Gasteiger partial charge in [-0.2, -0.15) is 5.26 Å². The van der Waals surface area contributed by atoms with Gasteiger partial charge in [0.15, 0.2) is 0 Å². The van der Waals surface area contributed by atoms with Crippen molar-refractivity contribution in [3.05, 3.63) is 131 Å². The predicted molar refractivity (Wildman–Crippen MR) is 183 cm³/mol. The summed E-state index contributed by atoms with van der Waals surface area (Å²) in [6.45, 7) is 0.973. The Morgan fingerprint density at radius 2 is 1.71 bits per heavy atom. The van der Waals surface area contributed by atoms with Crippen LogP contribution in [0.4, 0.5) is 4.39 Å². The molecule has 0 aliphatic carbocycles. The number of nitrogens with zero attached hydrogens (tertiary/aromatic N) is 4. The van der Waals surface area contributed by atoms with Crippen LogP contribution in [-0.4, -0.2) is 48.4 Å². The van der Waals surface area contributed by atoms with E-state index in [1.807, 2.05) is 54.6 Å². The highest BCUT2D eigenvalue weighted by atomic mass is 19.1. The van der Waals surface area contributed by atoms with E-state index in [-0.39, 0.29) is 12.2 Å². The summed E-state index contributed by atoms with van der Waals surface area (Å²) in [5, 5.41) is 9.03. The van der Waals surface area contributed by atoms with Crippen LogP contribution in [0.15, 0.2) is 97.1 Å². The molecule has 0 radical (unpaired) electrons. The summed E-state index contributed by atoms with van der Waals surface area (Å²) in [4.78, 5) is 22.0. The first-order valence-corrected chi connectivity index (χ1v) is 15.5. The predicted octanol–water partition coefficient (Wildman–Crippen LogP) is 7.39. The highest BCUT2D eigenvalue weighted by Gasteiger charge is 2.18. The first-order valence-electron chi connectivity index (χ1n) is 15.5. The second-order valence-corrected chi connectivity index (χ2v) is 11.2. The molecule has 0 amide bonds. The summed E-state index contributed by atoms with van der Waals surface area (Å²) in [5.74, 6) is 0.956. The summed E-state index contributed by atoms with van der Waals surface area (Å²) < 4.78 is 38.3. The lowest BCUT2D eigenvalue weighted by Crippen LogP contribution is -2.10. The molecular formula is C39H33FN4O5.